The monoisotopic (exact) mass is 341 g/mol. The van der Waals surface area contributed by atoms with Crippen LogP contribution >= 0.6 is 0 Å². The molecule has 4 nitrogen and oxygen atoms in total. The third-order valence-electron chi connectivity index (χ3n) is 5.93. The molecular weight excluding hydrogens is 314 g/mol. The van der Waals surface area contributed by atoms with Crippen LogP contribution in [0.15, 0.2) is 28.9 Å². The number of furan rings is 1. The number of carbonyl (C=O) groups excluding carboxylic acids is 1. The predicted molar refractivity (Wildman–Crippen MR) is 97.8 cm³/mol. The van der Waals surface area contributed by atoms with Crippen molar-refractivity contribution < 1.29 is 13.9 Å². The first kappa shape index (κ1) is 16.5. The van der Waals surface area contributed by atoms with Crippen molar-refractivity contribution in [2.75, 3.05) is 7.11 Å². The molecule has 2 saturated carbocycles. The maximum Gasteiger partial charge on any atom is 0.227 e. The third-order valence-corrected chi connectivity index (χ3v) is 5.93. The van der Waals surface area contributed by atoms with Crippen molar-refractivity contribution in [2.45, 2.75) is 69.9 Å². The lowest BCUT2D eigenvalue weighted by Crippen LogP contribution is -2.45. The molecule has 2 aromatic rings. The van der Waals surface area contributed by atoms with E-state index in [9.17, 15) is 4.79 Å². The summed E-state index contributed by atoms with van der Waals surface area (Å²) in [5.74, 6) is 1.05. The maximum absolute atomic E-state index is 13.2. The number of rotatable bonds is 5. The molecule has 0 unspecified atom stereocenters. The summed E-state index contributed by atoms with van der Waals surface area (Å²) in [5, 5.41) is 1.02. The Hall–Kier alpha value is -1.97. The Kier molecular flexibility index (Phi) is 4.69. The Morgan fingerprint density at radius 3 is 2.36 bits per heavy atom. The van der Waals surface area contributed by atoms with Crippen molar-refractivity contribution in [1.82, 2.24) is 4.90 Å². The van der Waals surface area contributed by atoms with Crippen LogP contribution in [-0.4, -0.2) is 30.0 Å². The number of hydrogen-bond acceptors (Lipinski definition) is 3. The number of ether oxygens (including phenoxy) is 1. The van der Waals surface area contributed by atoms with E-state index in [4.69, 9.17) is 9.15 Å². The molecule has 0 N–H and O–H groups in total. The van der Waals surface area contributed by atoms with Gasteiger partial charge in [-0.1, -0.05) is 25.7 Å². The zero-order valence-electron chi connectivity index (χ0n) is 15.0. The van der Waals surface area contributed by atoms with Gasteiger partial charge in [0.2, 0.25) is 5.91 Å². The van der Waals surface area contributed by atoms with Crippen LogP contribution in [0.2, 0.25) is 0 Å². The van der Waals surface area contributed by atoms with Gasteiger partial charge in [0, 0.05) is 29.1 Å². The minimum Gasteiger partial charge on any atom is -0.497 e. The Balaban J connectivity index is 1.56. The van der Waals surface area contributed by atoms with Gasteiger partial charge in [-0.15, -0.1) is 0 Å². The molecule has 4 heteroatoms. The van der Waals surface area contributed by atoms with E-state index >= 15 is 0 Å². The zero-order chi connectivity index (χ0) is 17.2. The van der Waals surface area contributed by atoms with E-state index in [1.54, 1.807) is 13.4 Å². The van der Waals surface area contributed by atoms with Crippen molar-refractivity contribution in [1.29, 1.82) is 0 Å². The Morgan fingerprint density at radius 2 is 1.76 bits per heavy atom. The van der Waals surface area contributed by atoms with Crippen molar-refractivity contribution >= 4 is 16.9 Å². The fraction of sp³-hybridized carbons (Fsp3) is 0.571. The number of amides is 1. The third kappa shape index (κ3) is 3.26. The fourth-order valence-electron chi connectivity index (χ4n) is 4.65. The minimum absolute atomic E-state index is 0.275. The van der Waals surface area contributed by atoms with E-state index in [2.05, 4.69) is 4.90 Å². The Labute approximate surface area is 149 Å². The van der Waals surface area contributed by atoms with Crippen molar-refractivity contribution in [3.8, 4) is 5.75 Å². The topological polar surface area (TPSA) is 42.7 Å². The molecule has 2 aliphatic rings. The largest absolute Gasteiger partial charge is 0.497 e. The van der Waals surface area contributed by atoms with Crippen molar-refractivity contribution in [2.24, 2.45) is 0 Å². The van der Waals surface area contributed by atoms with E-state index in [-0.39, 0.29) is 5.91 Å². The average Bonchev–Trinajstić information content (AvgIpc) is 3.37. The average molecular weight is 341 g/mol. The van der Waals surface area contributed by atoms with Crippen LogP contribution in [0.5, 0.6) is 5.75 Å². The first-order valence-electron chi connectivity index (χ1n) is 9.61. The number of methoxy groups -OCH3 is 1. The highest BCUT2D eigenvalue weighted by Crippen LogP contribution is 2.33. The maximum atomic E-state index is 13.2. The Bertz CT molecular complexity index is 723. The molecule has 0 bridgehead atoms. The molecule has 0 radical (unpaired) electrons. The van der Waals surface area contributed by atoms with Gasteiger partial charge in [0.15, 0.2) is 0 Å². The molecule has 0 aliphatic heterocycles. The minimum atomic E-state index is 0.275. The molecule has 2 aliphatic carbocycles. The summed E-state index contributed by atoms with van der Waals surface area (Å²) >= 11 is 0. The van der Waals surface area contributed by atoms with Crippen LogP contribution in [0.1, 0.15) is 56.9 Å². The molecule has 1 aromatic carbocycles. The van der Waals surface area contributed by atoms with E-state index in [0.717, 1.165) is 22.3 Å². The van der Waals surface area contributed by atoms with E-state index in [0.29, 0.717) is 18.5 Å². The summed E-state index contributed by atoms with van der Waals surface area (Å²) in [7, 11) is 1.65. The summed E-state index contributed by atoms with van der Waals surface area (Å²) in [5.41, 5.74) is 1.78. The lowest BCUT2D eigenvalue weighted by atomic mass is 10.0. The smallest absolute Gasteiger partial charge is 0.227 e. The van der Waals surface area contributed by atoms with Gasteiger partial charge in [-0.25, -0.2) is 0 Å². The molecule has 0 spiro atoms. The highest BCUT2D eigenvalue weighted by atomic mass is 16.5. The van der Waals surface area contributed by atoms with Crippen molar-refractivity contribution in [3.05, 3.63) is 30.0 Å². The van der Waals surface area contributed by atoms with E-state index < -0.39 is 0 Å². The van der Waals surface area contributed by atoms with Gasteiger partial charge in [0.1, 0.15) is 11.3 Å². The second-order valence-electron chi connectivity index (χ2n) is 7.48. The van der Waals surface area contributed by atoms with Gasteiger partial charge in [-0.05, 0) is 37.8 Å². The molecule has 0 atom stereocenters. The fourth-order valence-corrected chi connectivity index (χ4v) is 4.65. The van der Waals surface area contributed by atoms with Crippen LogP contribution < -0.4 is 4.74 Å². The summed E-state index contributed by atoms with van der Waals surface area (Å²) in [4.78, 5) is 15.5. The van der Waals surface area contributed by atoms with E-state index in [1.807, 2.05) is 18.2 Å². The summed E-state index contributed by atoms with van der Waals surface area (Å²) in [6.07, 6.45) is 11.9. The number of carbonyl (C=O) groups is 1. The first-order valence-corrected chi connectivity index (χ1v) is 9.61. The van der Waals surface area contributed by atoms with Gasteiger partial charge >= 0.3 is 0 Å². The number of benzene rings is 1. The highest BCUT2D eigenvalue weighted by molar-refractivity contribution is 5.88. The zero-order valence-corrected chi connectivity index (χ0v) is 15.0. The standard InChI is InChI=1S/C21H27NO3/c1-24-18-10-11-19-15(14-25-20(19)13-18)12-21(23)22(16-6-2-3-7-16)17-8-4-5-9-17/h10-11,13-14,16-17H,2-9,12H2,1H3. The van der Waals surface area contributed by atoms with Gasteiger partial charge in [0.25, 0.3) is 0 Å². The van der Waals surface area contributed by atoms with Crippen LogP contribution in [0, 0.1) is 0 Å². The molecule has 2 fully saturated rings. The van der Waals surface area contributed by atoms with E-state index in [1.165, 1.54) is 51.4 Å². The molecule has 25 heavy (non-hydrogen) atoms. The Morgan fingerprint density at radius 1 is 1.12 bits per heavy atom. The van der Waals surface area contributed by atoms with Crippen LogP contribution in [0.3, 0.4) is 0 Å². The molecule has 4 rings (SSSR count). The predicted octanol–water partition coefficient (Wildman–Crippen LogP) is 4.70. The molecule has 1 heterocycles. The molecule has 1 amide bonds. The summed E-state index contributed by atoms with van der Waals surface area (Å²) in [6, 6.07) is 6.71. The molecule has 1 aromatic heterocycles. The van der Waals surface area contributed by atoms with Gasteiger partial charge < -0.3 is 14.1 Å². The summed E-state index contributed by atoms with van der Waals surface area (Å²) in [6.45, 7) is 0. The quantitative estimate of drug-likeness (QED) is 0.792. The summed E-state index contributed by atoms with van der Waals surface area (Å²) < 4.78 is 10.9. The van der Waals surface area contributed by atoms with Gasteiger partial charge in [-0.3, -0.25) is 4.79 Å². The molecule has 134 valence electrons. The number of fused-ring (bicyclic) bond motifs is 1. The number of hydrogen-bond donors (Lipinski definition) is 0. The SMILES string of the molecule is COc1ccc2c(CC(=O)N(C3CCCC3)C3CCCC3)coc2c1. The lowest BCUT2D eigenvalue weighted by molar-refractivity contribution is -0.135. The molecule has 0 saturated heterocycles. The van der Waals surface area contributed by atoms with Crippen LogP contribution in [0.25, 0.3) is 11.0 Å². The van der Waals surface area contributed by atoms with Crippen LogP contribution in [-0.2, 0) is 11.2 Å². The normalized spacial score (nSPS) is 18.9. The molecular formula is C21H27NO3. The second kappa shape index (κ2) is 7.11. The number of nitrogens with zero attached hydrogens (tertiary/aromatic N) is 1. The van der Waals surface area contributed by atoms with Gasteiger partial charge in [0.05, 0.1) is 19.8 Å². The lowest BCUT2D eigenvalue weighted by Gasteiger charge is -2.34. The van der Waals surface area contributed by atoms with Gasteiger partial charge in [-0.2, -0.15) is 0 Å². The van der Waals surface area contributed by atoms with Crippen LogP contribution in [0.4, 0.5) is 0 Å². The first-order chi connectivity index (χ1) is 12.3. The highest BCUT2D eigenvalue weighted by Gasteiger charge is 2.34. The van der Waals surface area contributed by atoms with Crippen molar-refractivity contribution in [3.63, 3.8) is 0 Å². The second-order valence-corrected chi connectivity index (χ2v) is 7.48.